The number of hydrogen-bond donors (Lipinski definition) is 1. The van der Waals surface area contributed by atoms with Crippen LogP contribution in [0.5, 0.6) is 11.5 Å². The summed E-state index contributed by atoms with van der Waals surface area (Å²) in [6, 6.07) is 31.8. The van der Waals surface area contributed by atoms with Crippen molar-refractivity contribution >= 4 is 12.3 Å². The van der Waals surface area contributed by atoms with Gasteiger partial charge in [0, 0.05) is 0 Å². The number of benzene rings is 4. The van der Waals surface area contributed by atoms with Gasteiger partial charge >= 0.3 is 5.97 Å². The molecule has 0 spiro atoms. The standard InChI is InChI=1S/C20H22O2.C13H12O.C2H4O/c1-15-7-9-16(10-8-15)17-11-13-19(14-12-17)22-20(21)18-5-3-2-4-6-18;1-10-2-4-11(5-3-10)12-6-8-13(14)9-7-12;1-2-3/h7-14,18H,2-6H2,1H3;2-9,14H,1H3;2H,1H3. The number of carbonyl (C=O) groups is 2. The molecule has 1 N–H and O–H groups in total. The van der Waals surface area contributed by atoms with Gasteiger partial charge in [-0.05, 0) is 80.1 Å². The van der Waals surface area contributed by atoms with Gasteiger partial charge in [-0.3, -0.25) is 4.79 Å². The minimum absolute atomic E-state index is 0.0669. The van der Waals surface area contributed by atoms with Gasteiger partial charge in [0.25, 0.3) is 0 Å². The molecule has 0 bridgehead atoms. The van der Waals surface area contributed by atoms with E-state index in [2.05, 4.69) is 62.4 Å². The zero-order valence-electron chi connectivity index (χ0n) is 23.1. The third-order valence-corrected chi connectivity index (χ3v) is 6.65. The molecule has 0 aliphatic heterocycles. The fourth-order valence-corrected chi connectivity index (χ4v) is 4.40. The number of phenols is 1. The third-order valence-electron chi connectivity index (χ3n) is 6.65. The zero-order valence-corrected chi connectivity index (χ0v) is 23.1. The van der Waals surface area contributed by atoms with Crippen LogP contribution in [0.25, 0.3) is 22.3 Å². The molecule has 0 heterocycles. The highest BCUT2D eigenvalue weighted by molar-refractivity contribution is 5.75. The number of rotatable bonds is 4. The van der Waals surface area contributed by atoms with Gasteiger partial charge in [-0.15, -0.1) is 0 Å². The fourth-order valence-electron chi connectivity index (χ4n) is 4.40. The summed E-state index contributed by atoms with van der Waals surface area (Å²) < 4.78 is 5.52. The van der Waals surface area contributed by atoms with Crippen LogP contribution in [0, 0.1) is 19.8 Å². The molecule has 39 heavy (non-hydrogen) atoms. The van der Waals surface area contributed by atoms with Crippen molar-refractivity contribution in [1.82, 2.24) is 0 Å². The molecule has 4 aromatic carbocycles. The number of aldehydes is 1. The molecule has 1 fully saturated rings. The second kappa shape index (κ2) is 15.3. The van der Waals surface area contributed by atoms with Crippen molar-refractivity contribution in [2.75, 3.05) is 0 Å². The first-order chi connectivity index (χ1) is 18.9. The van der Waals surface area contributed by atoms with Crippen molar-refractivity contribution in [1.29, 1.82) is 0 Å². The van der Waals surface area contributed by atoms with Crippen molar-refractivity contribution < 1.29 is 19.4 Å². The van der Waals surface area contributed by atoms with E-state index in [0.717, 1.165) is 43.1 Å². The monoisotopic (exact) mass is 522 g/mol. The van der Waals surface area contributed by atoms with Crippen LogP contribution in [-0.4, -0.2) is 17.4 Å². The van der Waals surface area contributed by atoms with E-state index in [4.69, 9.17) is 14.6 Å². The van der Waals surface area contributed by atoms with Gasteiger partial charge in [-0.25, -0.2) is 0 Å². The van der Waals surface area contributed by atoms with Gasteiger partial charge in [-0.2, -0.15) is 0 Å². The van der Waals surface area contributed by atoms with E-state index in [0.29, 0.717) is 11.5 Å². The minimum Gasteiger partial charge on any atom is -0.508 e. The second-order valence-electron chi connectivity index (χ2n) is 9.80. The molecule has 0 atom stereocenters. The lowest BCUT2D eigenvalue weighted by atomic mass is 9.89. The first-order valence-corrected chi connectivity index (χ1v) is 13.5. The van der Waals surface area contributed by atoms with Crippen molar-refractivity contribution in [2.45, 2.75) is 52.9 Å². The summed E-state index contributed by atoms with van der Waals surface area (Å²) >= 11 is 0. The lowest BCUT2D eigenvalue weighted by molar-refractivity contribution is -0.140. The van der Waals surface area contributed by atoms with Crippen molar-refractivity contribution in [3.8, 4) is 33.8 Å². The molecule has 1 aliphatic carbocycles. The Morgan fingerprint density at radius 3 is 1.44 bits per heavy atom. The summed E-state index contributed by atoms with van der Waals surface area (Å²) in [6.07, 6.45) is 6.23. The summed E-state index contributed by atoms with van der Waals surface area (Å²) in [5, 5.41) is 9.15. The Kier molecular flexibility index (Phi) is 11.5. The molecular weight excluding hydrogens is 484 g/mol. The van der Waals surface area contributed by atoms with Crippen LogP contribution < -0.4 is 4.74 Å². The van der Waals surface area contributed by atoms with E-state index in [1.165, 1.54) is 35.6 Å². The molecule has 0 radical (unpaired) electrons. The first-order valence-electron chi connectivity index (χ1n) is 13.5. The Hall–Kier alpha value is -4.18. The van der Waals surface area contributed by atoms with E-state index < -0.39 is 0 Å². The van der Waals surface area contributed by atoms with Crippen LogP contribution in [0.1, 0.15) is 50.2 Å². The number of carbonyl (C=O) groups excluding carboxylic acids is 2. The molecule has 0 unspecified atom stereocenters. The molecule has 202 valence electrons. The number of aryl methyl sites for hydroxylation is 2. The van der Waals surface area contributed by atoms with Crippen molar-refractivity contribution in [2.24, 2.45) is 5.92 Å². The van der Waals surface area contributed by atoms with Crippen molar-refractivity contribution in [3.05, 3.63) is 108 Å². The van der Waals surface area contributed by atoms with E-state index in [1.54, 1.807) is 12.1 Å². The predicted octanol–water partition coefficient (Wildman–Crippen LogP) is 8.72. The number of hydrogen-bond acceptors (Lipinski definition) is 4. The van der Waals surface area contributed by atoms with E-state index in [-0.39, 0.29) is 11.9 Å². The number of aromatic hydroxyl groups is 1. The van der Waals surface area contributed by atoms with Crippen molar-refractivity contribution in [3.63, 3.8) is 0 Å². The lowest BCUT2D eigenvalue weighted by Gasteiger charge is -2.19. The molecular formula is C35H38O4. The molecule has 0 amide bonds. The molecule has 1 aliphatic rings. The average molecular weight is 523 g/mol. The van der Waals surface area contributed by atoms with E-state index in [1.807, 2.05) is 36.4 Å². The Morgan fingerprint density at radius 1 is 0.667 bits per heavy atom. The highest BCUT2D eigenvalue weighted by atomic mass is 16.5. The quantitative estimate of drug-likeness (QED) is 0.165. The maximum absolute atomic E-state index is 12.1. The predicted molar refractivity (Wildman–Crippen MR) is 159 cm³/mol. The Morgan fingerprint density at radius 2 is 1.03 bits per heavy atom. The molecule has 4 aromatic rings. The number of phenolic OH excluding ortho intramolecular Hbond substituents is 1. The first kappa shape index (κ1) is 29.4. The molecule has 1 saturated carbocycles. The second-order valence-corrected chi connectivity index (χ2v) is 9.80. The van der Waals surface area contributed by atoms with Gasteiger partial charge in [0.1, 0.15) is 17.8 Å². The minimum atomic E-state index is -0.0669. The Bertz CT molecular complexity index is 1240. The zero-order chi connectivity index (χ0) is 28.0. The van der Waals surface area contributed by atoms with Crippen LogP contribution in [0.3, 0.4) is 0 Å². The van der Waals surface area contributed by atoms with Crippen LogP contribution >= 0.6 is 0 Å². The molecule has 4 heteroatoms. The summed E-state index contributed by atoms with van der Waals surface area (Å²) in [4.78, 5) is 20.9. The summed E-state index contributed by atoms with van der Waals surface area (Å²) in [5.74, 6) is 0.973. The van der Waals surface area contributed by atoms with Crippen LogP contribution in [0.2, 0.25) is 0 Å². The van der Waals surface area contributed by atoms with Gasteiger partial charge < -0.3 is 14.6 Å². The number of ether oxygens (including phenoxy) is 1. The van der Waals surface area contributed by atoms with Crippen LogP contribution in [0.4, 0.5) is 0 Å². The molecule has 0 saturated heterocycles. The summed E-state index contributed by atoms with van der Waals surface area (Å²) in [7, 11) is 0. The van der Waals surface area contributed by atoms with Crippen LogP contribution in [-0.2, 0) is 9.59 Å². The molecule has 4 nitrogen and oxygen atoms in total. The van der Waals surface area contributed by atoms with E-state index >= 15 is 0 Å². The van der Waals surface area contributed by atoms with Gasteiger partial charge in [-0.1, -0.05) is 103 Å². The Balaban J connectivity index is 0.000000212. The lowest BCUT2D eigenvalue weighted by Crippen LogP contribution is -2.22. The normalized spacial score (nSPS) is 12.7. The topological polar surface area (TPSA) is 63.6 Å². The highest BCUT2D eigenvalue weighted by Crippen LogP contribution is 2.27. The van der Waals surface area contributed by atoms with Crippen LogP contribution in [0.15, 0.2) is 97.1 Å². The highest BCUT2D eigenvalue weighted by Gasteiger charge is 2.22. The van der Waals surface area contributed by atoms with E-state index in [9.17, 15) is 4.79 Å². The maximum Gasteiger partial charge on any atom is 0.314 e. The summed E-state index contributed by atoms with van der Waals surface area (Å²) in [5.41, 5.74) is 7.13. The third kappa shape index (κ3) is 9.57. The van der Waals surface area contributed by atoms with Gasteiger partial charge in [0.05, 0.1) is 5.92 Å². The maximum atomic E-state index is 12.1. The number of esters is 1. The fraction of sp³-hybridized carbons (Fsp3) is 0.257. The smallest absolute Gasteiger partial charge is 0.314 e. The largest absolute Gasteiger partial charge is 0.508 e. The SMILES string of the molecule is CC=O.Cc1ccc(-c2ccc(O)cc2)cc1.Cc1ccc(-c2ccc(OC(=O)C3CCCCC3)cc2)cc1. The van der Waals surface area contributed by atoms with Gasteiger partial charge in [0.2, 0.25) is 0 Å². The average Bonchev–Trinajstić information content (AvgIpc) is 2.96. The van der Waals surface area contributed by atoms with Gasteiger partial charge in [0.15, 0.2) is 0 Å². The molecule has 0 aromatic heterocycles. The Labute approximate surface area is 232 Å². The summed E-state index contributed by atoms with van der Waals surface area (Å²) in [6.45, 7) is 5.60. The molecule has 5 rings (SSSR count).